The summed E-state index contributed by atoms with van der Waals surface area (Å²) in [6, 6.07) is 14.1. The zero-order valence-electron chi connectivity index (χ0n) is 10.6. The van der Waals surface area contributed by atoms with Crippen LogP contribution in [0.1, 0.15) is 5.56 Å². The van der Waals surface area contributed by atoms with Crippen molar-refractivity contribution in [2.45, 2.75) is 6.92 Å². The van der Waals surface area contributed by atoms with E-state index >= 15 is 0 Å². The van der Waals surface area contributed by atoms with Crippen molar-refractivity contribution < 1.29 is 0 Å². The fourth-order valence-electron chi connectivity index (χ4n) is 2.20. The van der Waals surface area contributed by atoms with Crippen molar-refractivity contribution >= 4 is 22.7 Å². The molecule has 0 spiro atoms. The Bertz CT molecular complexity index is 748. The smallest absolute Gasteiger partial charge is 0.222 e. The number of aromatic nitrogens is 2. The molecule has 0 aliphatic carbocycles. The van der Waals surface area contributed by atoms with Crippen LogP contribution in [0.3, 0.4) is 0 Å². The van der Waals surface area contributed by atoms with Crippen LogP contribution >= 0.6 is 0 Å². The fourth-order valence-corrected chi connectivity index (χ4v) is 2.20. The van der Waals surface area contributed by atoms with Gasteiger partial charge in [-0.15, -0.1) is 0 Å². The van der Waals surface area contributed by atoms with Crippen molar-refractivity contribution in [2.75, 3.05) is 11.5 Å². The van der Waals surface area contributed by atoms with E-state index in [0.717, 1.165) is 22.0 Å². The summed E-state index contributed by atoms with van der Waals surface area (Å²) in [6.07, 6.45) is 0. The van der Waals surface area contributed by atoms with Gasteiger partial charge in [-0.2, -0.15) is 4.98 Å². The number of fused-ring (bicyclic) bond motifs is 1. The highest BCUT2D eigenvalue weighted by Crippen LogP contribution is 2.31. The Kier molecular flexibility index (Phi) is 2.56. The second-order valence-corrected chi connectivity index (χ2v) is 4.53. The highest BCUT2D eigenvalue weighted by Gasteiger charge is 2.09. The number of nitrogen functional groups attached to an aromatic ring is 2. The molecule has 3 rings (SSSR count). The second-order valence-electron chi connectivity index (χ2n) is 4.53. The van der Waals surface area contributed by atoms with Gasteiger partial charge in [0.25, 0.3) is 0 Å². The number of hydrogen-bond donors (Lipinski definition) is 2. The summed E-state index contributed by atoms with van der Waals surface area (Å²) >= 11 is 0. The minimum absolute atomic E-state index is 0.200. The average Bonchev–Trinajstić information content (AvgIpc) is 2.38. The lowest BCUT2D eigenvalue weighted by Gasteiger charge is -2.09. The summed E-state index contributed by atoms with van der Waals surface area (Å²) in [4.78, 5) is 8.28. The minimum atomic E-state index is 0.200. The Labute approximate surface area is 111 Å². The van der Waals surface area contributed by atoms with Gasteiger partial charge in [0.05, 0.1) is 10.9 Å². The molecule has 0 bridgehead atoms. The Balaban J connectivity index is 2.32. The van der Waals surface area contributed by atoms with Crippen LogP contribution in [0.4, 0.5) is 11.8 Å². The number of hydrogen-bond acceptors (Lipinski definition) is 4. The van der Waals surface area contributed by atoms with Crippen molar-refractivity contribution in [1.29, 1.82) is 0 Å². The van der Waals surface area contributed by atoms with Crippen LogP contribution in [-0.4, -0.2) is 9.97 Å². The lowest BCUT2D eigenvalue weighted by atomic mass is 10.00. The number of rotatable bonds is 1. The molecule has 0 amide bonds. The molecule has 0 fully saturated rings. The van der Waals surface area contributed by atoms with Gasteiger partial charge in [-0.05, 0) is 24.1 Å². The largest absolute Gasteiger partial charge is 0.383 e. The van der Waals surface area contributed by atoms with Crippen molar-refractivity contribution in [3.8, 4) is 11.1 Å². The number of nitrogens with zero attached hydrogens (tertiary/aromatic N) is 2. The van der Waals surface area contributed by atoms with E-state index in [1.807, 2.05) is 18.2 Å². The molecule has 4 N–H and O–H groups in total. The molecule has 0 saturated heterocycles. The molecule has 0 atom stereocenters. The highest BCUT2D eigenvalue weighted by atomic mass is 15.0. The summed E-state index contributed by atoms with van der Waals surface area (Å²) in [5.74, 6) is 0.615. The summed E-state index contributed by atoms with van der Waals surface area (Å²) in [5.41, 5.74) is 15.7. The first-order valence-corrected chi connectivity index (χ1v) is 6.04. The van der Waals surface area contributed by atoms with Crippen LogP contribution in [0.5, 0.6) is 0 Å². The quantitative estimate of drug-likeness (QED) is 0.696. The fraction of sp³-hybridized carbons (Fsp3) is 0.0667. The monoisotopic (exact) mass is 250 g/mol. The first-order valence-electron chi connectivity index (χ1n) is 6.04. The maximum absolute atomic E-state index is 5.99. The standard InChI is InChI=1S/C15H14N4/c1-9-5-7-10(8-6-9)11-3-2-4-12-13(11)14(16)19-15(17)18-12/h2-8H,1H3,(H4,16,17,18,19). The van der Waals surface area contributed by atoms with Crippen molar-refractivity contribution in [2.24, 2.45) is 0 Å². The third kappa shape index (κ3) is 1.97. The summed E-state index contributed by atoms with van der Waals surface area (Å²) in [6.45, 7) is 2.06. The van der Waals surface area contributed by atoms with Gasteiger partial charge in [0.1, 0.15) is 5.82 Å². The molecule has 0 aliphatic rings. The van der Waals surface area contributed by atoms with Gasteiger partial charge >= 0.3 is 0 Å². The summed E-state index contributed by atoms with van der Waals surface area (Å²) in [7, 11) is 0. The Hall–Kier alpha value is -2.62. The van der Waals surface area contributed by atoms with Crippen molar-refractivity contribution in [3.63, 3.8) is 0 Å². The van der Waals surface area contributed by atoms with Crippen molar-refractivity contribution in [3.05, 3.63) is 48.0 Å². The molecule has 1 heterocycles. The Morgan fingerprint density at radius 2 is 1.63 bits per heavy atom. The third-order valence-corrected chi connectivity index (χ3v) is 3.13. The van der Waals surface area contributed by atoms with Crippen LogP contribution in [0, 0.1) is 6.92 Å². The zero-order chi connectivity index (χ0) is 13.4. The predicted octanol–water partition coefficient (Wildman–Crippen LogP) is 2.77. The van der Waals surface area contributed by atoms with Gasteiger partial charge in [-0.3, -0.25) is 0 Å². The number of aryl methyl sites for hydroxylation is 1. The zero-order valence-corrected chi connectivity index (χ0v) is 10.6. The van der Waals surface area contributed by atoms with Gasteiger partial charge in [0, 0.05) is 0 Å². The molecular weight excluding hydrogens is 236 g/mol. The molecule has 3 aromatic rings. The van der Waals surface area contributed by atoms with Gasteiger partial charge < -0.3 is 11.5 Å². The molecule has 4 nitrogen and oxygen atoms in total. The van der Waals surface area contributed by atoms with Crippen LogP contribution < -0.4 is 11.5 Å². The van der Waals surface area contributed by atoms with Gasteiger partial charge in [0.15, 0.2) is 0 Å². The van der Waals surface area contributed by atoms with Crippen LogP contribution in [0.15, 0.2) is 42.5 Å². The highest BCUT2D eigenvalue weighted by molar-refractivity contribution is 6.01. The molecule has 19 heavy (non-hydrogen) atoms. The summed E-state index contributed by atoms with van der Waals surface area (Å²) < 4.78 is 0. The van der Waals surface area contributed by atoms with Gasteiger partial charge in [0.2, 0.25) is 5.95 Å². The molecule has 4 heteroatoms. The molecule has 0 saturated carbocycles. The maximum Gasteiger partial charge on any atom is 0.222 e. The molecule has 2 aromatic carbocycles. The van der Waals surface area contributed by atoms with E-state index < -0.39 is 0 Å². The van der Waals surface area contributed by atoms with Gasteiger partial charge in [-0.25, -0.2) is 4.98 Å². The maximum atomic E-state index is 5.99. The third-order valence-electron chi connectivity index (χ3n) is 3.13. The Morgan fingerprint density at radius 1 is 0.895 bits per heavy atom. The molecule has 1 aromatic heterocycles. The van der Waals surface area contributed by atoms with E-state index in [1.165, 1.54) is 5.56 Å². The second kappa shape index (κ2) is 4.24. The SMILES string of the molecule is Cc1ccc(-c2cccc3nc(N)nc(N)c23)cc1. The lowest BCUT2D eigenvalue weighted by Crippen LogP contribution is -2.01. The molecule has 0 unspecified atom stereocenters. The van der Waals surface area contributed by atoms with Crippen LogP contribution in [0.25, 0.3) is 22.0 Å². The molecular formula is C15H14N4. The van der Waals surface area contributed by atoms with Crippen LogP contribution in [-0.2, 0) is 0 Å². The van der Waals surface area contributed by atoms with E-state index in [9.17, 15) is 0 Å². The minimum Gasteiger partial charge on any atom is -0.383 e. The topological polar surface area (TPSA) is 77.8 Å². The number of anilines is 2. The predicted molar refractivity (Wildman–Crippen MR) is 78.5 cm³/mol. The normalized spacial score (nSPS) is 10.8. The number of nitrogens with two attached hydrogens (primary N) is 2. The van der Waals surface area contributed by atoms with E-state index in [1.54, 1.807) is 0 Å². The van der Waals surface area contributed by atoms with Gasteiger partial charge in [-0.1, -0.05) is 42.0 Å². The first kappa shape index (κ1) is 11.5. The number of benzene rings is 2. The molecule has 0 aliphatic heterocycles. The Morgan fingerprint density at radius 3 is 2.37 bits per heavy atom. The van der Waals surface area contributed by atoms with E-state index in [-0.39, 0.29) is 5.95 Å². The van der Waals surface area contributed by atoms with E-state index in [4.69, 9.17) is 11.5 Å². The van der Waals surface area contributed by atoms with E-state index in [2.05, 4.69) is 41.2 Å². The molecule has 0 radical (unpaired) electrons. The molecule has 94 valence electrons. The van der Waals surface area contributed by atoms with E-state index in [0.29, 0.717) is 5.82 Å². The van der Waals surface area contributed by atoms with Crippen LogP contribution in [0.2, 0.25) is 0 Å². The summed E-state index contributed by atoms with van der Waals surface area (Å²) in [5, 5.41) is 0.848. The van der Waals surface area contributed by atoms with Crippen molar-refractivity contribution in [1.82, 2.24) is 9.97 Å². The average molecular weight is 250 g/mol. The first-order chi connectivity index (χ1) is 9.15. The lowest BCUT2D eigenvalue weighted by molar-refractivity contribution is 1.25.